The summed E-state index contributed by atoms with van der Waals surface area (Å²) in [6, 6.07) is 2.04. The standard InChI is InChI=1S/C13H16N2O2S2/c1-9(2)15(4-5-16)13(17)11-8-19-12(14-11)10-3-6-18-7-10/h3,6-9,16H,4-5H2,1-2H3. The first-order chi connectivity index (χ1) is 9.13. The molecule has 2 heterocycles. The van der Waals surface area contributed by atoms with Crippen molar-refractivity contribution in [1.82, 2.24) is 9.88 Å². The van der Waals surface area contributed by atoms with Crippen molar-refractivity contribution in [2.24, 2.45) is 0 Å². The van der Waals surface area contributed by atoms with Crippen LogP contribution in [-0.2, 0) is 0 Å². The molecular weight excluding hydrogens is 280 g/mol. The smallest absolute Gasteiger partial charge is 0.273 e. The van der Waals surface area contributed by atoms with Crippen molar-refractivity contribution in [1.29, 1.82) is 0 Å². The minimum atomic E-state index is -0.123. The fourth-order valence-electron chi connectivity index (χ4n) is 1.74. The van der Waals surface area contributed by atoms with E-state index in [0.717, 1.165) is 10.6 Å². The first-order valence-corrected chi connectivity index (χ1v) is 7.85. The summed E-state index contributed by atoms with van der Waals surface area (Å²) >= 11 is 3.08. The van der Waals surface area contributed by atoms with Crippen LogP contribution >= 0.6 is 22.7 Å². The zero-order chi connectivity index (χ0) is 13.8. The van der Waals surface area contributed by atoms with Gasteiger partial charge in [-0.05, 0) is 25.3 Å². The van der Waals surface area contributed by atoms with E-state index in [9.17, 15) is 4.79 Å². The Morgan fingerprint density at radius 1 is 1.47 bits per heavy atom. The van der Waals surface area contributed by atoms with E-state index in [-0.39, 0.29) is 18.6 Å². The Kier molecular flexibility index (Phi) is 4.68. The summed E-state index contributed by atoms with van der Waals surface area (Å²) in [7, 11) is 0. The van der Waals surface area contributed by atoms with Crippen molar-refractivity contribution < 1.29 is 9.90 Å². The third kappa shape index (κ3) is 3.20. The number of aliphatic hydroxyl groups is 1. The van der Waals surface area contributed by atoms with Gasteiger partial charge in [-0.1, -0.05) is 0 Å². The van der Waals surface area contributed by atoms with E-state index in [1.807, 2.05) is 30.7 Å². The van der Waals surface area contributed by atoms with Gasteiger partial charge in [-0.2, -0.15) is 11.3 Å². The van der Waals surface area contributed by atoms with Gasteiger partial charge in [-0.25, -0.2) is 4.98 Å². The molecular formula is C13H16N2O2S2. The van der Waals surface area contributed by atoms with Crippen molar-refractivity contribution in [3.8, 4) is 10.6 Å². The number of aromatic nitrogens is 1. The average Bonchev–Trinajstić information content (AvgIpc) is 3.03. The van der Waals surface area contributed by atoms with Crippen LogP contribution in [0.1, 0.15) is 24.3 Å². The zero-order valence-electron chi connectivity index (χ0n) is 10.9. The lowest BCUT2D eigenvalue weighted by molar-refractivity contribution is 0.0660. The molecule has 0 radical (unpaired) electrons. The fraction of sp³-hybridized carbons (Fsp3) is 0.385. The molecule has 6 heteroatoms. The lowest BCUT2D eigenvalue weighted by Crippen LogP contribution is -2.39. The molecule has 0 saturated heterocycles. The van der Waals surface area contributed by atoms with Crippen molar-refractivity contribution in [2.75, 3.05) is 13.2 Å². The summed E-state index contributed by atoms with van der Waals surface area (Å²) < 4.78 is 0. The lowest BCUT2D eigenvalue weighted by Gasteiger charge is -2.24. The van der Waals surface area contributed by atoms with Crippen LogP contribution in [0.25, 0.3) is 10.6 Å². The van der Waals surface area contributed by atoms with Gasteiger partial charge in [-0.3, -0.25) is 4.79 Å². The maximum absolute atomic E-state index is 12.3. The van der Waals surface area contributed by atoms with E-state index >= 15 is 0 Å². The highest BCUT2D eigenvalue weighted by atomic mass is 32.1. The van der Waals surface area contributed by atoms with Crippen LogP contribution in [0.15, 0.2) is 22.2 Å². The number of thiazole rings is 1. The minimum absolute atomic E-state index is 0.0363. The van der Waals surface area contributed by atoms with Crippen LogP contribution in [0.5, 0.6) is 0 Å². The Balaban J connectivity index is 2.20. The maximum Gasteiger partial charge on any atom is 0.273 e. The second-order valence-corrected chi connectivity index (χ2v) is 6.00. The highest BCUT2D eigenvalue weighted by Gasteiger charge is 2.21. The van der Waals surface area contributed by atoms with Gasteiger partial charge in [0.1, 0.15) is 10.7 Å². The summed E-state index contributed by atoms with van der Waals surface area (Å²) in [6.45, 7) is 4.16. The Morgan fingerprint density at radius 2 is 2.26 bits per heavy atom. The first-order valence-electron chi connectivity index (χ1n) is 6.03. The third-order valence-corrected chi connectivity index (χ3v) is 4.29. The van der Waals surface area contributed by atoms with Crippen molar-refractivity contribution in [2.45, 2.75) is 19.9 Å². The number of hydrogen-bond donors (Lipinski definition) is 1. The SMILES string of the molecule is CC(C)N(CCO)C(=O)c1csc(-c2ccsc2)n1. The van der Waals surface area contributed by atoms with E-state index < -0.39 is 0 Å². The Bertz CT molecular complexity index is 535. The summed E-state index contributed by atoms with van der Waals surface area (Å²) in [5.41, 5.74) is 1.50. The van der Waals surface area contributed by atoms with E-state index in [4.69, 9.17) is 5.11 Å². The summed E-state index contributed by atoms with van der Waals surface area (Å²) in [5, 5.41) is 15.7. The Hall–Kier alpha value is -1.24. The molecule has 0 saturated carbocycles. The number of aliphatic hydroxyl groups excluding tert-OH is 1. The number of nitrogens with zero attached hydrogens (tertiary/aromatic N) is 2. The predicted octanol–water partition coefficient (Wildman–Crippen LogP) is 2.71. The van der Waals surface area contributed by atoms with E-state index in [2.05, 4.69) is 4.98 Å². The number of amides is 1. The van der Waals surface area contributed by atoms with Crippen molar-refractivity contribution >= 4 is 28.6 Å². The van der Waals surface area contributed by atoms with Gasteiger partial charge in [0, 0.05) is 28.9 Å². The quantitative estimate of drug-likeness (QED) is 0.923. The van der Waals surface area contributed by atoms with Crippen LogP contribution in [-0.4, -0.2) is 40.1 Å². The Morgan fingerprint density at radius 3 is 2.84 bits per heavy atom. The second-order valence-electron chi connectivity index (χ2n) is 4.37. The van der Waals surface area contributed by atoms with Crippen LogP contribution in [0.4, 0.5) is 0 Å². The van der Waals surface area contributed by atoms with Gasteiger partial charge >= 0.3 is 0 Å². The molecule has 0 aliphatic carbocycles. The van der Waals surface area contributed by atoms with E-state index in [1.165, 1.54) is 11.3 Å². The maximum atomic E-state index is 12.3. The first kappa shape index (κ1) is 14.2. The van der Waals surface area contributed by atoms with Crippen molar-refractivity contribution in [3.63, 3.8) is 0 Å². The Labute approximate surface area is 120 Å². The summed E-state index contributed by atoms with van der Waals surface area (Å²) in [6.07, 6.45) is 0. The van der Waals surface area contributed by atoms with Crippen LogP contribution in [0.3, 0.4) is 0 Å². The monoisotopic (exact) mass is 296 g/mol. The predicted molar refractivity (Wildman–Crippen MR) is 78.7 cm³/mol. The van der Waals surface area contributed by atoms with E-state index in [1.54, 1.807) is 21.6 Å². The highest BCUT2D eigenvalue weighted by molar-refractivity contribution is 7.14. The molecule has 0 aliphatic heterocycles. The van der Waals surface area contributed by atoms with Crippen LogP contribution in [0.2, 0.25) is 0 Å². The number of carbonyl (C=O) groups is 1. The molecule has 4 nitrogen and oxygen atoms in total. The molecule has 0 aromatic carbocycles. The molecule has 0 spiro atoms. The molecule has 1 amide bonds. The van der Waals surface area contributed by atoms with Crippen molar-refractivity contribution in [3.05, 3.63) is 27.9 Å². The van der Waals surface area contributed by atoms with Gasteiger partial charge < -0.3 is 10.0 Å². The summed E-state index contributed by atoms with van der Waals surface area (Å²) in [5.74, 6) is -0.123. The fourth-order valence-corrected chi connectivity index (χ4v) is 3.25. The van der Waals surface area contributed by atoms with Crippen LogP contribution in [0, 0.1) is 0 Å². The molecule has 2 aromatic heterocycles. The molecule has 102 valence electrons. The molecule has 19 heavy (non-hydrogen) atoms. The number of carbonyl (C=O) groups excluding carboxylic acids is 1. The molecule has 1 N–H and O–H groups in total. The van der Waals surface area contributed by atoms with Gasteiger partial charge in [-0.15, -0.1) is 11.3 Å². The van der Waals surface area contributed by atoms with Crippen LogP contribution < -0.4 is 0 Å². The normalized spacial score (nSPS) is 10.9. The molecule has 0 atom stereocenters. The third-order valence-electron chi connectivity index (χ3n) is 2.72. The van der Waals surface area contributed by atoms with Gasteiger partial charge in [0.05, 0.1) is 6.61 Å². The molecule has 2 aromatic rings. The van der Waals surface area contributed by atoms with Gasteiger partial charge in [0.2, 0.25) is 0 Å². The lowest BCUT2D eigenvalue weighted by atomic mass is 10.3. The number of hydrogen-bond acceptors (Lipinski definition) is 5. The number of rotatable bonds is 5. The largest absolute Gasteiger partial charge is 0.395 e. The van der Waals surface area contributed by atoms with E-state index in [0.29, 0.717) is 12.2 Å². The molecule has 0 fully saturated rings. The zero-order valence-corrected chi connectivity index (χ0v) is 12.5. The average molecular weight is 296 g/mol. The molecule has 0 unspecified atom stereocenters. The van der Waals surface area contributed by atoms with Gasteiger partial charge in [0.25, 0.3) is 5.91 Å². The minimum Gasteiger partial charge on any atom is -0.395 e. The second kappa shape index (κ2) is 6.27. The molecule has 0 aliphatic rings. The topological polar surface area (TPSA) is 53.4 Å². The molecule has 2 rings (SSSR count). The highest BCUT2D eigenvalue weighted by Crippen LogP contribution is 2.26. The molecule has 0 bridgehead atoms. The van der Waals surface area contributed by atoms with Gasteiger partial charge in [0.15, 0.2) is 0 Å². The summed E-state index contributed by atoms with van der Waals surface area (Å²) in [4.78, 5) is 18.3. The number of thiophene rings is 1.